The SMILES string of the molecule is O=C(COC(=O)C=Cc1ccc(F)cc1)Nc1c(Cl)cc(Cl)cc1Cl. The lowest BCUT2D eigenvalue weighted by atomic mass is 10.2. The van der Waals surface area contributed by atoms with Gasteiger partial charge in [-0.2, -0.15) is 0 Å². The van der Waals surface area contributed by atoms with E-state index in [2.05, 4.69) is 5.32 Å². The maximum absolute atomic E-state index is 12.8. The van der Waals surface area contributed by atoms with Crippen molar-refractivity contribution >= 4 is 58.4 Å². The first-order valence-corrected chi connectivity index (χ1v) is 8.03. The van der Waals surface area contributed by atoms with Crippen LogP contribution in [0.5, 0.6) is 0 Å². The minimum Gasteiger partial charge on any atom is -0.452 e. The molecule has 2 aromatic rings. The molecule has 2 aromatic carbocycles. The summed E-state index contributed by atoms with van der Waals surface area (Å²) < 4.78 is 17.6. The highest BCUT2D eigenvalue weighted by molar-refractivity contribution is 6.42. The zero-order chi connectivity index (χ0) is 18.4. The fraction of sp³-hybridized carbons (Fsp3) is 0.0588. The lowest BCUT2D eigenvalue weighted by molar-refractivity contribution is -0.142. The van der Waals surface area contributed by atoms with Gasteiger partial charge in [0.2, 0.25) is 0 Å². The lowest BCUT2D eigenvalue weighted by Gasteiger charge is -2.09. The molecule has 0 aliphatic heterocycles. The van der Waals surface area contributed by atoms with Gasteiger partial charge < -0.3 is 10.1 Å². The molecule has 0 unspecified atom stereocenters. The summed E-state index contributed by atoms with van der Waals surface area (Å²) in [4.78, 5) is 23.4. The predicted molar refractivity (Wildman–Crippen MR) is 96.5 cm³/mol. The molecule has 1 amide bonds. The van der Waals surface area contributed by atoms with Crippen molar-refractivity contribution in [3.63, 3.8) is 0 Å². The number of esters is 1. The monoisotopic (exact) mass is 401 g/mol. The van der Waals surface area contributed by atoms with E-state index in [0.29, 0.717) is 10.6 Å². The summed E-state index contributed by atoms with van der Waals surface area (Å²) in [5.41, 5.74) is 0.790. The Morgan fingerprint density at radius 1 is 1.08 bits per heavy atom. The highest BCUT2D eigenvalue weighted by Gasteiger charge is 2.12. The smallest absolute Gasteiger partial charge is 0.331 e. The molecule has 0 bridgehead atoms. The number of hydrogen-bond acceptors (Lipinski definition) is 3. The van der Waals surface area contributed by atoms with Crippen molar-refractivity contribution in [2.24, 2.45) is 0 Å². The molecule has 0 heterocycles. The molecule has 0 saturated heterocycles. The molecule has 0 aliphatic carbocycles. The van der Waals surface area contributed by atoms with Crippen LogP contribution in [0.25, 0.3) is 6.08 Å². The average molecular weight is 403 g/mol. The third-order valence-electron chi connectivity index (χ3n) is 2.90. The molecular weight excluding hydrogens is 392 g/mol. The molecular formula is C17H11Cl3FNO3. The van der Waals surface area contributed by atoms with Crippen LogP contribution in [0.4, 0.5) is 10.1 Å². The zero-order valence-electron chi connectivity index (χ0n) is 12.6. The summed E-state index contributed by atoms with van der Waals surface area (Å²) in [6.07, 6.45) is 2.56. The molecule has 0 spiro atoms. The van der Waals surface area contributed by atoms with E-state index >= 15 is 0 Å². The highest BCUT2D eigenvalue weighted by atomic mass is 35.5. The zero-order valence-corrected chi connectivity index (χ0v) is 14.8. The third kappa shape index (κ3) is 6.05. The van der Waals surface area contributed by atoms with E-state index in [9.17, 15) is 14.0 Å². The molecule has 8 heteroatoms. The molecule has 0 radical (unpaired) electrons. The van der Waals surface area contributed by atoms with Crippen LogP contribution in [0.2, 0.25) is 15.1 Å². The van der Waals surface area contributed by atoms with Crippen LogP contribution >= 0.6 is 34.8 Å². The molecule has 4 nitrogen and oxygen atoms in total. The van der Waals surface area contributed by atoms with E-state index in [1.165, 1.54) is 42.5 Å². The topological polar surface area (TPSA) is 55.4 Å². The van der Waals surface area contributed by atoms with E-state index in [1.807, 2.05) is 0 Å². The molecule has 0 aliphatic rings. The van der Waals surface area contributed by atoms with E-state index in [1.54, 1.807) is 0 Å². The van der Waals surface area contributed by atoms with Gasteiger partial charge in [-0.3, -0.25) is 4.79 Å². The second-order valence-electron chi connectivity index (χ2n) is 4.79. The molecule has 1 N–H and O–H groups in total. The lowest BCUT2D eigenvalue weighted by Crippen LogP contribution is -2.20. The van der Waals surface area contributed by atoms with Gasteiger partial charge in [0.1, 0.15) is 5.82 Å². The number of halogens is 4. The van der Waals surface area contributed by atoms with Crippen molar-refractivity contribution in [2.75, 3.05) is 11.9 Å². The first-order chi connectivity index (χ1) is 11.8. The number of nitrogens with one attached hydrogen (secondary N) is 1. The minimum atomic E-state index is -0.729. The number of ether oxygens (including phenoxy) is 1. The number of anilines is 1. The van der Waals surface area contributed by atoms with E-state index in [0.717, 1.165) is 6.08 Å². The van der Waals surface area contributed by atoms with Crippen LogP contribution < -0.4 is 5.32 Å². The van der Waals surface area contributed by atoms with Crippen LogP contribution in [0.15, 0.2) is 42.5 Å². The van der Waals surface area contributed by atoms with E-state index < -0.39 is 18.5 Å². The Bertz CT molecular complexity index is 799. The van der Waals surface area contributed by atoms with Gasteiger partial charge in [0.15, 0.2) is 6.61 Å². The number of amides is 1. The van der Waals surface area contributed by atoms with Crippen molar-refractivity contribution in [1.82, 2.24) is 0 Å². The normalized spacial score (nSPS) is 10.7. The second kappa shape index (κ2) is 8.85. The molecule has 0 saturated carbocycles. The van der Waals surface area contributed by atoms with Crippen molar-refractivity contribution < 1.29 is 18.7 Å². The summed E-state index contributed by atoms with van der Waals surface area (Å²) in [6, 6.07) is 8.35. The average Bonchev–Trinajstić information content (AvgIpc) is 2.55. The van der Waals surface area contributed by atoms with Crippen molar-refractivity contribution in [2.45, 2.75) is 0 Å². The Hall–Kier alpha value is -2.08. The number of hydrogen-bond donors (Lipinski definition) is 1. The number of benzene rings is 2. The highest BCUT2D eigenvalue weighted by Crippen LogP contribution is 2.33. The van der Waals surface area contributed by atoms with E-state index in [-0.39, 0.29) is 21.5 Å². The standard InChI is InChI=1S/C17H11Cl3FNO3/c18-11-7-13(19)17(14(20)8-11)22-15(23)9-25-16(24)6-3-10-1-4-12(21)5-2-10/h1-8H,9H2,(H,22,23). The second-order valence-corrected chi connectivity index (χ2v) is 6.04. The summed E-state index contributed by atoms with van der Waals surface area (Å²) in [6.45, 7) is -0.526. The van der Waals surface area contributed by atoms with Crippen LogP contribution in [-0.2, 0) is 14.3 Å². The molecule has 0 aromatic heterocycles. The number of carbonyl (C=O) groups excluding carboxylic acids is 2. The van der Waals surface area contributed by atoms with Gasteiger partial charge in [-0.05, 0) is 35.9 Å². The molecule has 2 rings (SSSR count). The Labute approximate surface area is 158 Å². The summed E-state index contributed by atoms with van der Waals surface area (Å²) >= 11 is 17.7. The molecule has 25 heavy (non-hydrogen) atoms. The summed E-state index contributed by atoms with van der Waals surface area (Å²) in [7, 11) is 0. The first kappa shape index (κ1) is 19.2. The van der Waals surface area contributed by atoms with Crippen molar-refractivity contribution in [3.8, 4) is 0 Å². The fourth-order valence-electron chi connectivity index (χ4n) is 1.76. The van der Waals surface area contributed by atoms with Gasteiger partial charge in [-0.25, -0.2) is 9.18 Å². The maximum atomic E-state index is 12.8. The van der Waals surface area contributed by atoms with Crippen LogP contribution in [-0.4, -0.2) is 18.5 Å². The predicted octanol–water partition coefficient (Wildman–Crippen LogP) is 4.98. The number of carbonyl (C=O) groups is 2. The van der Waals surface area contributed by atoms with Gasteiger partial charge in [-0.1, -0.05) is 46.9 Å². The number of rotatable bonds is 5. The summed E-state index contributed by atoms with van der Waals surface area (Å²) in [5, 5.41) is 3.08. The summed E-state index contributed by atoms with van der Waals surface area (Å²) in [5.74, 6) is -1.72. The van der Waals surface area contributed by atoms with Crippen LogP contribution in [0.1, 0.15) is 5.56 Å². The van der Waals surface area contributed by atoms with Crippen molar-refractivity contribution in [1.29, 1.82) is 0 Å². The van der Waals surface area contributed by atoms with Gasteiger partial charge in [-0.15, -0.1) is 0 Å². The van der Waals surface area contributed by atoms with Crippen LogP contribution in [0, 0.1) is 5.82 Å². The van der Waals surface area contributed by atoms with Gasteiger partial charge >= 0.3 is 5.97 Å². The van der Waals surface area contributed by atoms with Gasteiger partial charge in [0.05, 0.1) is 15.7 Å². The first-order valence-electron chi connectivity index (χ1n) is 6.90. The molecule has 0 atom stereocenters. The Kier molecular flexibility index (Phi) is 6.82. The van der Waals surface area contributed by atoms with Gasteiger partial charge in [0, 0.05) is 11.1 Å². The Morgan fingerprint density at radius 2 is 1.68 bits per heavy atom. The Morgan fingerprint density at radius 3 is 2.28 bits per heavy atom. The van der Waals surface area contributed by atoms with Gasteiger partial charge in [0.25, 0.3) is 5.91 Å². The molecule has 130 valence electrons. The third-order valence-corrected chi connectivity index (χ3v) is 3.71. The largest absolute Gasteiger partial charge is 0.452 e. The maximum Gasteiger partial charge on any atom is 0.331 e. The van der Waals surface area contributed by atoms with E-state index in [4.69, 9.17) is 39.5 Å². The Balaban J connectivity index is 1.87. The van der Waals surface area contributed by atoms with Crippen LogP contribution in [0.3, 0.4) is 0 Å². The van der Waals surface area contributed by atoms with Crippen molar-refractivity contribution in [3.05, 3.63) is 68.9 Å². The quantitative estimate of drug-likeness (QED) is 0.567. The minimum absolute atomic E-state index is 0.161. The fourth-order valence-corrected chi connectivity index (χ4v) is 2.67. The molecule has 0 fully saturated rings.